The number of aryl methyl sites for hydroxylation is 1. The highest BCUT2D eigenvalue weighted by molar-refractivity contribution is 9.09. The Morgan fingerprint density at radius 1 is 1.47 bits per heavy atom. The summed E-state index contributed by atoms with van der Waals surface area (Å²) in [6.45, 7) is 0. The van der Waals surface area contributed by atoms with E-state index in [2.05, 4.69) is 21.0 Å². The molecule has 0 bridgehead atoms. The first-order valence-electron chi connectivity index (χ1n) is 4.41. The van der Waals surface area contributed by atoms with Crippen molar-refractivity contribution in [2.24, 2.45) is 7.05 Å². The number of alkyl halides is 4. The molecule has 1 aromatic heterocycles. The quantitative estimate of drug-likeness (QED) is 0.828. The minimum Gasteiger partial charge on any atom is -0.389 e. The van der Waals surface area contributed by atoms with E-state index in [0.717, 1.165) is 4.68 Å². The summed E-state index contributed by atoms with van der Waals surface area (Å²) < 4.78 is 38.7. The molecule has 9 heteroatoms. The number of hydrogen-bond donors (Lipinski definition) is 2. The molecule has 98 valence electrons. The molecule has 0 radical (unpaired) electrons. The lowest BCUT2D eigenvalue weighted by atomic mass is 10.1. The SMILES string of the molecule is Cn1nc(C(F)(F)F)c(C(O)C(O)CBr)c1Cl. The number of rotatable bonds is 3. The monoisotopic (exact) mass is 336 g/mol. The van der Waals surface area contributed by atoms with Crippen LogP contribution in [0.1, 0.15) is 17.4 Å². The molecule has 0 aliphatic heterocycles. The minimum atomic E-state index is -4.74. The van der Waals surface area contributed by atoms with Gasteiger partial charge in [-0.2, -0.15) is 18.3 Å². The van der Waals surface area contributed by atoms with E-state index in [1.54, 1.807) is 0 Å². The summed E-state index contributed by atoms with van der Waals surface area (Å²) in [6.07, 6.45) is -7.90. The van der Waals surface area contributed by atoms with Gasteiger partial charge in [-0.05, 0) is 0 Å². The lowest BCUT2D eigenvalue weighted by Crippen LogP contribution is -2.22. The zero-order valence-electron chi connectivity index (χ0n) is 8.54. The first-order valence-corrected chi connectivity index (χ1v) is 5.91. The van der Waals surface area contributed by atoms with E-state index >= 15 is 0 Å². The average Bonchev–Trinajstić information content (AvgIpc) is 2.53. The van der Waals surface area contributed by atoms with Crippen LogP contribution in [0.4, 0.5) is 13.2 Å². The van der Waals surface area contributed by atoms with E-state index in [0.29, 0.717) is 0 Å². The van der Waals surface area contributed by atoms with Crippen molar-refractivity contribution in [3.8, 4) is 0 Å². The Hall–Kier alpha value is -0.310. The Kier molecular flexibility index (Phi) is 4.45. The molecule has 2 N–H and O–H groups in total. The molecule has 1 aromatic rings. The molecule has 0 saturated heterocycles. The molecular formula is C8H9BrClF3N2O2. The maximum Gasteiger partial charge on any atom is 0.435 e. The topological polar surface area (TPSA) is 58.3 Å². The van der Waals surface area contributed by atoms with E-state index < -0.39 is 29.6 Å². The average molecular weight is 338 g/mol. The van der Waals surface area contributed by atoms with Crippen LogP contribution >= 0.6 is 27.5 Å². The van der Waals surface area contributed by atoms with Gasteiger partial charge in [-0.3, -0.25) is 4.68 Å². The van der Waals surface area contributed by atoms with Crippen molar-refractivity contribution < 1.29 is 23.4 Å². The summed E-state index contributed by atoms with van der Waals surface area (Å²) in [5.41, 5.74) is -1.91. The smallest absolute Gasteiger partial charge is 0.389 e. The molecule has 0 saturated carbocycles. The molecule has 0 aliphatic rings. The Morgan fingerprint density at radius 2 is 2.00 bits per heavy atom. The molecule has 17 heavy (non-hydrogen) atoms. The second-order valence-corrected chi connectivity index (χ2v) is 4.35. The summed E-state index contributed by atoms with van der Waals surface area (Å²) in [4.78, 5) is 0. The van der Waals surface area contributed by atoms with Gasteiger partial charge in [-0.1, -0.05) is 27.5 Å². The van der Waals surface area contributed by atoms with Gasteiger partial charge in [0.05, 0.1) is 11.7 Å². The highest BCUT2D eigenvalue weighted by Gasteiger charge is 2.41. The highest BCUT2D eigenvalue weighted by Crippen LogP contribution is 2.38. The largest absolute Gasteiger partial charge is 0.435 e. The summed E-state index contributed by atoms with van der Waals surface area (Å²) in [7, 11) is 1.22. The van der Waals surface area contributed by atoms with Crippen LogP contribution in [0.25, 0.3) is 0 Å². The van der Waals surface area contributed by atoms with Crippen molar-refractivity contribution in [1.82, 2.24) is 9.78 Å². The first kappa shape index (κ1) is 14.7. The van der Waals surface area contributed by atoms with Gasteiger partial charge in [0.25, 0.3) is 0 Å². The van der Waals surface area contributed by atoms with Gasteiger partial charge >= 0.3 is 6.18 Å². The number of aromatic nitrogens is 2. The molecule has 1 heterocycles. The van der Waals surface area contributed by atoms with Crippen molar-refractivity contribution in [3.63, 3.8) is 0 Å². The maximum absolute atomic E-state index is 12.6. The molecule has 0 fully saturated rings. The fraction of sp³-hybridized carbons (Fsp3) is 0.625. The number of aliphatic hydroxyl groups excluding tert-OH is 2. The minimum absolute atomic E-state index is 0.0866. The number of aliphatic hydroxyl groups is 2. The van der Waals surface area contributed by atoms with Gasteiger partial charge < -0.3 is 10.2 Å². The van der Waals surface area contributed by atoms with Crippen molar-refractivity contribution in [2.75, 3.05) is 5.33 Å². The van der Waals surface area contributed by atoms with Gasteiger partial charge in [-0.15, -0.1) is 0 Å². The van der Waals surface area contributed by atoms with Gasteiger partial charge in [0.1, 0.15) is 11.3 Å². The lowest BCUT2D eigenvalue weighted by molar-refractivity contribution is -0.143. The number of nitrogens with zero attached hydrogens (tertiary/aromatic N) is 2. The summed E-state index contributed by atoms with van der Waals surface area (Å²) in [6, 6.07) is 0. The van der Waals surface area contributed by atoms with Crippen LogP contribution in [0.2, 0.25) is 5.15 Å². The molecular weight excluding hydrogens is 328 g/mol. The summed E-state index contributed by atoms with van der Waals surface area (Å²) in [5, 5.41) is 21.7. The predicted molar refractivity (Wildman–Crippen MR) is 58.0 cm³/mol. The van der Waals surface area contributed by atoms with Crippen LogP contribution < -0.4 is 0 Å². The van der Waals surface area contributed by atoms with E-state index in [-0.39, 0.29) is 10.5 Å². The van der Waals surface area contributed by atoms with E-state index in [4.69, 9.17) is 11.6 Å². The van der Waals surface area contributed by atoms with Crippen molar-refractivity contribution in [2.45, 2.75) is 18.4 Å². The third-order valence-electron chi connectivity index (χ3n) is 2.10. The van der Waals surface area contributed by atoms with Crippen LogP contribution in [0.3, 0.4) is 0 Å². The molecule has 1 rings (SSSR count). The molecule has 0 aliphatic carbocycles. The van der Waals surface area contributed by atoms with Crippen LogP contribution in [0, 0.1) is 0 Å². The highest BCUT2D eigenvalue weighted by atomic mass is 79.9. The predicted octanol–water partition coefficient (Wildman–Crippen LogP) is 1.88. The van der Waals surface area contributed by atoms with Gasteiger partial charge in [0.15, 0.2) is 5.69 Å². The zero-order valence-corrected chi connectivity index (χ0v) is 10.9. The van der Waals surface area contributed by atoms with Crippen LogP contribution in [-0.4, -0.2) is 31.4 Å². The standard InChI is InChI=1S/C8H9BrClF3N2O2/c1-15-7(10)4(5(17)3(16)2-9)6(14-15)8(11,12)13/h3,5,16-17H,2H2,1H3. The van der Waals surface area contributed by atoms with E-state index in [1.165, 1.54) is 7.05 Å². The fourth-order valence-electron chi connectivity index (χ4n) is 1.27. The van der Waals surface area contributed by atoms with E-state index in [9.17, 15) is 23.4 Å². The molecule has 0 aromatic carbocycles. The Bertz CT molecular complexity index is 410. The summed E-state index contributed by atoms with van der Waals surface area (Å²) in [5.74, 6) is 0. The maximum atomic E-state index is 12.6. The Balaban J connectivity index is 3.31. The second-order valence-electron chi connectivity index (χ2n) is 3.34. The molecule has 0 spiro atoms. The Labute approximate surface area is 108 Å². The van der Waals surface area contributed by atoms with Crippen LogP contribution in [0.5, 0.6) is 0 Å². The first-order chi connectivity index (χ1) is 7.70. The van der Waals surface area contributed by atoms with Crippen molar-refractivity contribution in [1.29, 1.82) is 0 Å². The van der Waals surface area contributed by atoms with Gasteiger partial charge in [0, 0.05) is 12.4 Å². The van der Waals surface area contributed by atoms with Crippen molar-refractivity contribution >= 4 is 27.5 Å². The van der Waals surface area contributed by atoms with Crippen molar-refractivity contribution in [3.05, 3.63) is 16.4 Å². The van der Waals surface area contributed by atoms with Crippen LogP contribution in [0.15, 0.2) is 0 Å². The Morgan fingerprint density at radius 3 is 2.41 bits per heavy atom. The van der Waals surface area contributed by atoms with E-state index in [1.807, 2.05) is 0 Å². The fourth-order valence-corrected chi connectivity index (χ4v) is 1.86. The third kappa shape index (κ3) is 2.93. The number of halogens is 5. The second kappa shape index (κ2) is 5.13. The zero-order chi connectivity index (χ0) is 13.4. The molecule has 0 amide bonds. The van der Waals surface area contributed by atoms with Crippen LogP contribution in [-0.2, 0) is 13.2 Å². The molecule has 2 unspecified atom stereocenters. The normalized spacial score (nSPS) is 16.0. The van der Waals surface area contributed by atoms with Gasteiger partial charge in [0.2, 0.25) is 0 Å². The molecule has 4 nitrogen and oxygen atoms in total. The lowest BCUT2D eigenvalue weighted by Gasteiger charge is -2.16. The van der Waals surface area contributed by atoms with Gasteiger partial charge in [-0.25, -0.2) is 0 Å². The third-order valence-corrected chi connectivity index (χ3v) is 3.21. The summed E-state index contributed by atoms with van der Waals surface area (Å²) >= 11 is 8.49. The number of hydrogen-bond acceptors (Lipinski definition) is 3. The molecule has 2 atom stereocenters.